The van der Waals surface area contributed by atoms with Gasteiger partial charge in [-0.2, -0.15) is 13.2 Å². The van der Waals surface area contributed by atoms with E-state index in [-0.39, 0.29) is 0 Å². The summed E-state index contributed by atoms with van der Waals surface area (Å²) in [5, 5.41) is 3.49. The van der Waals surface area contributed by atoms with Crippen molar-refractivity contribution in [1.29, 1.82) is 0 Å². The second kappa shape index (κ2) is 10.9. The maximum atomic E-state index is 13.7. The zero-order valence-electron chi connectivity index (χ0n) is 26.9. The Morgan fingerprint density at radius 2 is 1.29 bits per heavy atom. The van der Waals surface area contributed by atoms with Crippen molar-refractivity contribution >= 4 is 54.6 Å². The number of H-pyrrole nitrogens is 1. The van der Waals surface area contributed by atoms with Gasteiger partial charge >= 0.3 is 6.18 Å². The molecule has 4 aromatic heterocycles. The van der Waals surface area contributed by atoms with Crippen molar-refractivity contribution in [2.24, 2.45) is 0 Å². The van der Waals surface area contributed by atoms with Crippen LogP contribution in [0, 0.1) is 0 Å². The van der Waals surface area contributed by atoms with Crippen LogP contribution in [0.25, 0.3) is 88.7 Å². The Morgan fingerprint density at radius 3 is 2.14 bits per heavy atom. The van der Waals surface area contributed by atoms with Gasteiger partial charge in [0.25, 0.3) is 0 Å². The van der Waals surface area contributed by atoms with Crippen LogP contribution in [0.4, 0.5) is 13.2 Å². The summed E-state index contributed by atoms with van der Waals surface area (Å²) in [7, 11) is 0. The van der Waals surface area contributed by atoms with Gasteiger partial charge in [-0.15, -0.1) is 0 Å². The molecule has 0 fully saturated rings. The van der Waals surface area contributed by atoms with E-state index in [1.54, 1.807) is 6.20 Å². The molecule has 0 radical (unpaired) electrons. The SMILES string of the molecule is FC(F)(F)c1ccc2[nH]c3c(-c4nc5c(-c6ccc7c8ccccc8n(-c8ccccn8)c7c6)cccc5n4-c4ccccc4)cccc3c2c1. The highest BCUT2D eigenvalue weighted by molar-refractivity contribution is 6.13. The molecule has 1 N–H and O–H groups in total. The molecule has 6 aromatic carbocycles. The van der Waals surface area contributed by atoms with Crippen LogP contribution in [-0.2, 0) is 6.18 Å². The van der Waals surface area contributed by atoms with Crippen LogP contribution >= 0.6 is 0 Å². The lowest BCUT2D eigenvalue weighted by molar-refractivity contribution is -0.137. The average molecular weight is 670 g/mol. The Morgan fingerprint density at radius 1 is 0.549 bits per heavy atom. The predicted octanol–water partition coefficient (Wildman–Crippen LogP) is 11.5. The summed E-state index contributed by atoms with van der Waals surface area (Å²) in [6, 6.07) is 46.6. The molecule has 10 rings (SSSR count). The quantitative estimate of drug-likeness (QED) is 0.203. The van der Waals surface area contributed by atoms with Gasteiger partial charge in [0, 0.05) is 50.1 Å². The van der Waals surface area contributed by atoms with Gasteiger partial charge in [-0.3, -0.25) is 9.13 Å². The van der Waals surface area contributed by atoms with Gasteiger partial charge < -0.3 is 4.98 Å². The molecule has 0 saturated heterocycles. The maximum absolute atomic E-state index is 13.7. The lowest BCUT2D eigenvalue weighted by Gasteiger charge is -2.11. The monoisotopic (exact) mass is 669 g/mol. The molecule has 5 nitrogen and oxygen atoms in total. The fourth-order valence-corrected chi connectivity index (χ4v) is 7.51. The minimum Gasteiger partial charge on any atom is -0.354 e. The largest absolute Gasteiger partial charge is 0.416 e. The van der Waals surface area contributed by atoms with Crippen molar-refractivity contribution in [3.8, 4) is 34.0 Å². The van der Waals surface area contributed by atoms with Gasteiger partial charge in [0.15, 0.2) is 0 Å². The topological polar surface area (TPSA) is 51.4 Å². The number of imidazole rings is 1. The van der Waals surface area contributed by atoms with E-state index in [1.807, 2.05) is 78.9 Å². The molecular weight excluding hydrogens is 644 g/mol. The van der Waals surface area contributed by atoms with Crippen LogP contribution in [0.3, 0.4) is 0 Å². The zero-order chi connectivity index (χ0) is 34.3. The number of fused-ring (bicyclic) bond motifs is 7. The van der Waals surface area contributed by atoms with E-state index >= 15 is 0 Å². The molecule has 8 heteroatoms. The number of hydrogen-bond donors (Lipinski definition) is 1. The number of nitrogens with one attached hydrogen (secondary N) is 1. The number of para-hydroxylation sites is 4. The molecular formula is C43H26F3N5. The summed E-state index contributed by atoms with van der Waals surface area (Å²) in [6.45, 7) is 0. The lowest BCUT2D eigenvalue weighted by atomic mass is 10.0. The minimum atomic E-state index is -4.44. The third-order valence-electron chi connectivity index (χ3n) is 9.76. The van der Waals surface area contributed by atoms with Crippen LogP contribution < -0.4 is 0 Å². The van der Waals surface area contributed by atoms with E-state index in [2.05, 4.69) is 62.6 Å². The number of pyridine rings is 1. The second-order valence-corrected chi connectivity index (χ2v) is 12.7. The van der Waals surface area contributed by atoms with Crippen molar-refractivity contribution in [2.75, 3.05) is 0 Å². The third kappa shape index (κ3) is 4.49. The standard InChI is InChI=1S/C43H26F3N5/c44-43(45,46)27-20-22-35-34(25-27)32-14-8-15-33(40(32)48-35)42-49-41-29(13-9-17-37(41)50(42)28-10-2-1-3-11-28)26-19-21-31-30-12-4-5-16-36(30)51(38(31)24-26)39-18-6-7-23-47-39/h1-25,48H. The van der Waals surface area contributed by atoms with Crippen LogP contribution in [0.1, 0.15) is 5.56 Å². The Hall–Kier alpha value is -6.67. The van der Waals surface area contributed by atoms with Crippen LogP contribution in [0.2, 0.25) is 0 Å². The average Bonchev–Trinajstić information content (AvgIpc) is 3.84. The first-order valence-electron chi connectivity index (χ1n) is 16.6. The Kier molecular flexibility index (Phi) is 6.26. The summed E-state index contributed by atoms with van der Waals surface area (Å²) >= 11 is 0. The maximum Gasteiger partial charge on any atom is 0.416 e. The van der Waals surface area contributed by atoms with Crippen molar-refractivity contribution in [1.82, 2.24) is 24.1 Å². The molecule has 0 unspecified atom stereocenters. The molecule has 0 atom stereocenters. The van der Waals surface area contributed by atoms with Crippen LogP contribution in [-0.4, -0.2) is 24.1 Å². The zero-order valence-corrected chi connectivity index (χ0v) is 26.9. The number of alkyl halides is 3. The third-order valence-corrected chi connectivity index (χ3v) is 9.76. The first-order chi connectivity index (χ1) is 24.9. The smallest absolute Gasteiger partial charge is 0.354 e. The van der Waals surface area contributed by atoms with Crippen LogP contribution in [0.5, 0.6) is 0 Å². The molecule has 0 spiro atoms. The van der Waals surface area contributed by atoms with Gasteiger partial charge in [0.05, 0.1) is 33.1 Å². The molecule has 0 amide bonds. The van der Waals surface area contributed by atoms with E-state index in [0.717, 1.165) is 72.6 Å². The molecule has 4 heterocycles. The Balaban J connectivity index is 1.24. The number of rotatable bonds is 4. The van der Waals surface area contributed by atoms with Crippen molar-refractivity contribution in [3.63, 3.8) is 0 Å². The number of nitrogens with zero attached hydrogens (tertiary/aromatic N) is 4. The number of hydrogen-bond acceptors (Lipinski definition) is 2. The van der Waals surface area contributed by atoms with E-state index < -0.39 is 11.7 Å². The molecule has 51 heavy (non-hydrogen) atoms. The highest BCUT2D eigenvalue weighted by atomic mass is 19.4. The molecule has 0 aliphatic rings. The predicted molar refractivity (Wildman–Crippen MR) is 198 cm³/mol. The first-order valence-corrected chi connectivity index (χ1v) is 16.6. The fourth-order valence-electron chi connectivity index (χ4n) is 7.51. The highest BCUT2D eigenvalue weighted by Crippen LogP contribution is 2.41. The number of benzene rings is 6. The van der Waals surface area contributed by atoms with Crippen molar-refractivity contribution < 1.29 is 13.2 Å². The summed E-state index contributed by atoms with van der Waals surface area (Å²) in [6.07, 6.45) is -2.64. The van der Waals surface area contributed by atoms with E-state index in [1.165, 1.54) is 12.1 Å². The molecule has 10 aromatic rings. The summed E-state index contributed by atoms with van der Waals surface area (Å²) in [5.41, 5.74) is 8.17. The minimum absolute atomic E-state index is 0.515. The van der Waals surface area contributed by atoms with E-state index in [0.29, 0.717) is 22.1 Å². The summed E-state index contributed by atoms with van der Waals surface area (Å²) in [4.78, 5) is 13.5. The summed E-state index contributed by atoms with van der Waals surface area (Å²) in [5.74, 6) is 1.52. The Bertz CT molecular complexity index is 2950. The molecule has 0 aliphatic heterocycles. The molecule has 244 valence electrons. The van der Waals surface area contributed by atoms with Crippen molar-refractivity contribution in [2.45, 2.75) is 6.18 Å². The molecule has 0 bridgehead atoms. The first kappa shape index (κ1) is 29.3. The van der Waals surface area contributed by atoms with Crippen molar-refractivity contribution in [3.05, 3.63) is 157 Å². The number of aromatic nitrogens is 5. The number of aromatic amines is 1. The highest BCUT2D eigenvalue weighted by Gasteiger charge is 2.31. The molecule has 0 aliphatic carbocycles. The van der Waals surface area contributed by atoms with Crippen LogP contribution in [0.15, 0.2) is 152 Å². The second-order valence-electron chi connectivity index (χ2n) is 12.7. The van der Waals surface area contributed by atoms with Gasteiger partial charge in [0.1, 0.15) is 11.6 Å². The van der Waals surface area contributed by atoms with Gasteiger partial charge in [0.2, 0.25) is 0 Å². The van der Waals surface area contributed by atoms with Gasteiger partial charge in [-0.25, -0.2) is 9.97 Å². The molecule has 0 saturated carbocycles. The van der Waals surface area contributed by atoms with E-state index in [9.17, 15) is 13.2 Å². The summed E-state index contributed by atoms with van der Waals surface area (Å²) < 4.78 is 45.5. The lowest BCUT2D eigenvalue weighted by Crippen LogP contribution is -2.03. The number of halogens is 3. The Labute approximate surface area is 288 Å². The van der Waals surface area contributed by atoms with Gasteiger partial charge in [-0.05, 0) is 72.3 Å². The normalized spacial score (nSPS) is 12.2. The van der Waals surface area contributed by atoms with E-state index in [4.69, 9.17) is 9.97 Å². The fraction of sp³-hybridized carbons (Fsp3) is 0.0233. The van der Waals surface area contributed by atoms with Gasteiger partial charge in [-0.1, -0.05) is 78.9 Å².